The molecule has 0 aliphatic carbocycles. The zero-order valence-corrected chi connectivity index (χ0v) is 8.59. The van der Waals surface area contributed by atoms with E-state index in [-0.39, 0.29) is 0 Å². The minimum absolute atomic E-state index is 1.10. The molecule has 1 aromatic carbocycles. The lowest BCUT2D eigenvalue weighted by atomic mass is 10.0. The number of benzene rings is 1. The molecule has 0 aromatic heterocycles. The molecule has 0 aliphatic rings. The molecule has 0 spiro atoms. The highest BCUT2D eigenvalue weighted by Crippen LogP contribution is 2.18. The first kappa shape index (κ1) is 9.79. The molecule has 0 aliphatic heterocycles. The Bertz CT molecular complexity index is 343. The second kappa shape index (κ2) is 4.08. The van der Waals surface area contributed by atoms with Crippen LogP contribution in [0.2, 0.25) is 0 Å². The molecular weight excluding hydrogens is 156 g/mol. The lowest BCUT2D eigenvalue weighted by molar-refractivity contribution is 1.40. The fourth-order valence-corrected chi connectivity index (χ4v) is 1.46. The van der Waals surface area contributed by atoms with Crippen LogP contribution in [0.3, 0.4) is 0 Å². The smallest absolute Gasteiger partial charge is 0.0198 e. The van der Waals surface area contributed by atoms with Crippen molar-refractivity contribution >= 4 is 5.57 Å². The maximum absolute atomic E-state index is 3.87. The van der Waals surface area contributed by atoms with Crippen LogP contribution in [0.1, 0.15) is 25.0 Å². The van der Waals surface area contributed by atoms with Crippen LogP contribution < -0.4 is 0 Å². The van der Waals surface area contributed by atoms with Crippen LogP contribution >= 0.6 is 0 Å². The molecule has 0 atom stereocenters. The standard InChI is InChI=1S/C13H16/c1-10(2)9-12(4)13-8-6-5-7-11(13)3/h5-9H,1H2,2-4H3/b12-9-. The average molecular weight is 172 g/mol. The van der Waals surface area contributed by atoms with Crippen molar-refractivity contribution in [2.75, 3.05) is 0 Å². The molecule has 0 saturated heterocycles. The second-order valence-electron chi connectivity index (χ2n) is 3.49. The van der Waals surface area contributed by atoms with E-state index in [1.807, 2.05) is 6.92 Å². The monoisotopic (exact) mass is 172 g/mol. The highest BCUT2D eigenvalue weighted by Gasteiger charge is 1.97. The molecule has 68 valence electrons. The van der Waals surface area contributed by atoms with Gasteiger partial charge in [-0.1, -0.05) is 42.5 Å². The first-order valence-electron chi connectivity index (χ1n) is 4.51. The molecule has 1 aromatic rings. The first-order chi connectivity index (χ1) is 6.11. The minimum Gasteiger partial charge on any atom is -0.0961 e. The van der Waals surface area contributed by atoms with E-state index >= 15 is 0 Å². The Morgan fingerprint density at radius 3 is 2.38 bits per heavy atom. The van der Waals surface area contributed by atoms with Crippen LogP contribution in [-0.4, -0.2) is 0 Å². The Morgan fingerprint density at radius 1 is 1.23 bits per heavy atom. The molecule has 0 radical (unpaired) electrons. The van der Waals surface area contributed by atoms with Gasteiger partial charge in [0.2, 0.25) is 0 Å². The lowest BCUT2D eigenvalue weighted by Crippen LogP contribution is -1.84. The van der Waals surface area contributed by atoms with Gasteiger partial charge in [0.25, 0.3) is 0 Å². The van der Waals surface area contributed by atoms with Crippen molar-refractivity contribution in [2.24, 2.45) is 0 Å². The van der Waals surface area contributed by atoms with Gasteiger partial charge in [0.1, 0.15) is 0 Å². The molecule has 13 heavy (non-hydrogen) atoms. The number of hydrogen-bond acceptors (Lipinski definition) is 0. The molecule has 0 unspecified atom stereocenters. The predicted octanol–water partition coefficient (Wildman–Crippen LogP) is 3.97. The highest BCUT2D eigenvalue weighted by atomic mass is 14.0. The second-order valence-corrected chi connectivity index (χ2v) is 3.49. The summed E-state index contributed by atoms with van der Waals surface area (Å²) < 4.78 is 0. The fourth-order valence-electron chi connectivity index (χ4n) is 1.46. The van der Waals surface area contributed by atoms with Crippen molar-refractivity contribution in [1.82, 2.24) is 0 Å². The first-order valence-corrected chi connectivity index (χ1v) is 4.51. The fraction of sp³-hybridized carbons (Fsp3) is 0.231. The van der Waals surface area contributed by atoms with Crippen molar-refractivity contribution in [3.8, 4) is 0 Å². The summed E-state index contributed by atoms with van der Waals surface area (Å²) in [6.07, 6.45) is 2.11. The van der Waals surface area contributed by atoms with E-state index in [2.05, 4.69) is 50.8 Å². The van der Waals surface area contributed by atoms with Gasteiger partial charge in [-0.25, -0.2) is 0 Å². The van der Waals surface area contributed by atoms with Crippen molar-refractivity contribution in [2.45, 2.75) is 20.8 Å². The molecular formula is C13H16. The molecule has 0 nitrogen and oxygen atoms in total. The Hall–Kier alpha value is -1.30. The zero-order chi connectivity index (χ0) is 9.84. The predicted molar refractivity (Wildman–Crippen MR) is 59.6 cm³/mol. The third kappa shape index (κ3) is 2.59. The van der Waals surface area contributed by atoms with E-state index < -0.39 is 0 Å². The van der Waals surface area contributed by atoms with Crippen molar-refractivity contribution < 1.29 is 0 Å². The summed E-state index contributed by atoms with van der Waals surface area (Å²) in [7, 11) is 0. The lowest BCUT2D eigenvalue weighted by Gasteiger charge is -2.05. The maximum Gasteiger partial charge on any atom is -0.0198 e. The Balaban J connectivity index is 3.08. The van der Waals surface area contributed by atoms with Crippen LogP contribution in [0.5, 0.6) is 0 Å². The quantitative estimate of drug-likeness (QED) is 0.592. The number of hydrogen-bond donors (Lipinski definition) is 0. The molecule has 0 heterocycles. The maximum atomic E-state index is 3.87. The topological polar surface area (TPSA) is 0 Å². The van der Waals surface area contributed by atoms with Crippen molar-refractivity contribution in [1.29, 1.82) is 0 Å². The van der Waals surface area contributed by atoms with E-state index in [1.165, 1.54) is 16.7 Å². The van der Waals surface area contributed by atoms with Crippen LogP contribution in [0.25, 0.3) is 5.57 Å². The van der Waals surface area contributed by atoms with E-state index in [4.69, 9.17) is 0 Å². The van der Waals surface area contributed by atoms with Gasteiger partial charge >= 0.3 is 0 Å². The van der Waals surface area contributed by atoms with E-state index in [9.17, 15) is 0 Å². The minimum atomic E-state index is 1.10. The van der Waals surface area contributed by atoms with E-state index in [0.29, 0.717) is 0 Å². The normalized spacial score (nSPS) is 11.5. The van der Waals surface area contributed by atoms with Gasteiger partial charge < -0.3 is 0 Å². The zero-order valence-electron chi connectivity index (χ0n) is 8.59. The van der Waals surface area contributed by atoms with Crippen LogP contribution in [0, 0.1) is 6.92 Å². The van der Waals surface area contributed by atoms with Crippen LogP contribution in [0.15, 0.2) is 42.5 Å². The summed E-state index contributed by atoms with van der Waals surface area (Å²) in [4.78, 5) is 0. The SMILES string of the molecule is C=C(C)/C=C(/C)c1ccccc1C. The summed E-state index contributed by atoms with van der Waals surface area (Å²) >= 11 is 0. The Kier molecular flexibility index (Phi) is 3.07. The van der Waals surface area contributed by atoms with Gasteiger partial charge in [-0.15, -0.1) is 0 Å². The van der Waals surface area contributed by atoms with E-state index in [0.717, 1.165) is 5.57 Å². The average Bonchev–Trinajstić information content (AvgIpc) is 2.03. The van der Waals surface area contributed by atoms with Gasteiger partial charge in [0.15, 0.2) is 0 Å². The molecule has 0 saturated carbocycles. The van der Waals surface area contributed by atoms with Gasteiger partial charge in [0.05, 0.1) is 0 Å². The van der Waals surface area contributed by atoms with Gasteiger partial charge in [-0.2, -0.15) is 0 Å². The summed E-state index contributed by atoms with van der Waals surface area (Å²) in [5, 5.41) is 0. The summed E-state index contributed by atoms with van der Waals surface area (Å²) in [5.74, 6) is 0. The summed E-state index contributed by atoms with van der Waals surface area (Å²) in [6.45, 7) is 10.1. The van der Waals surface area contributed by atoms with Crippen LogP contribution in [0.4, 0.5) is 0 Å². The van der Waals surface area contributed by atoms with E-state index in [1.54, 1.807) is 0 Å². The van der Waals surface area contributed by atoms with Gasteiger partial charge in [-0.05, 0) is 37.5 Å². The van der Waals surface area contributed by atoms with Gasteiger partial charge in [0, 0.05) is 0 Å². The highest BCUT2D eigenvalue weighted by molar-refractivity contribution is 5.68. The summed E-state index contributed by atoms with van der Waals surface area (Å²) in [5.41, 5.74) is 5.01. The van der Waals surface area contributed by atoms with Gasteiger partial charge in [-0.3, -0.25) is 0 Å². The number of rotatable bonds is 2. The molecule has 0 bridgehead atoms. The van der Waals surface area contributed by atoms with Crippen molar-refractivity contribution in [3.63, 3.8) is 0 Å². The third-order valence-corrected chi connectivity index (χ3v) is 2.03. The third-order valence-electron chi connectivity index (χ3n) is 2.03. The molecule has 0 amide bonds. The largest absolute Gasteiger partial charge is 0.0961 e. The number of allylic oxidation sites excluding steroid dienone is 3. The molecule has 0 N–H and O–H groups in total. The molecule has 0 fully saturated rings. The summed E-state index contributed by atoms with van der Waals surface area (Å²) in [6, 6.07) is 8.40. The number of aryl methyl sites for hydroxylation is 1. The Morgan fingerprint density at radius 2 is 1.85 bits per heavy atom. The van der Waals surface area contributed by atoms with Crippen molar-refractivity contribution in [3.05, 3.63) is 53.6 Å². The van der Waals surface area contributed by atoms with Crippen LogP contribution in [-0.2, 0) is 0 Å². The molecule has 1 rings (SSSR count). The Labute approximate surface area is 80.6 Å². The molecule has 0 heteroatoms.